The van der Waals surface area contributed by atoms with Gasteiger partial charge in [-0.25, -0.2) is 0 Å². The van der Waals surface area contributed by atoms with Crippen LogP contribution >= 0.6 is 0 Å². The molecule has 3 nitrogen and oxygen atoms in total. The Morgan fingerprint density at radius 3 is 2.65 bits per heavy atom. The Labute approximate surface area is 117 Å². The highest BCUT2D eigenvalue weighted by Crippen LogP contribution is 2.30. The molecule has 0 aliphatic rings. The van der Waals surface area contributed by atoms with Crippen LogP contribution in [0.2, 0.25) is 0 Å². The van der Waals surface area contributed by atoms with Crippen molar-refractivity contribution in [2.45, 2.75) is 6.61 Å². The highest BCUT2D eigenvalue weighted by molar-refractivity contribution is 5.95. The van der Waals surface area contributed by atoms with Crippen LogP contribution in [0.15, 0.2) is 54.7 Å². The molecule has 0 fully saturated rings. The number of aldehydes is 1. The molecule has 3 heteroatoms. The molecule has 100 valence electrons. The molecular weight excluding hydrogens is 250 g/mol. The fourth-order valence-electron chi connectivity index (χ4n) is 2.32. The summed E-state index contributed by atoms with van der Waals surface area (Å²) in [5, 5.41) is 0.966. The summed E-state index contributed by atoms with van der Waals surface area (Å²) in [7, 11) is 1.98. The number of fused-ring (bicyclic) bond motifs is 1. The molecule has 3 aromatic rings. The van der Waals surface area contributed by atoms with Crippen LogP contribution in [0.1, 0.15) is 15.9 Å². The maximum Gasteiger partial charge on any atom is 0.153 e. The monoisotopic (exact) mass is 265 g/mol. The lowest BCUT2D eigenvalue weighted by Crippen LogP contribution is -1.99. The quantitative estimate of drug-likeness (QED) is 0.675. The molecule has 3 rings (SSSR count). The SMILES string of the molecule is Cn1ccc2c(OCc3ccccc3)c(C=O)ccc21. The lowest BCUT2D eigenvalue weighted by molar-refractivity contribution is 0.111. The highest BCUT2D eigenvalue weighted by atomic mass is 16.5. The van der Waals surface area contributed by atoms with Gasteiger partial charge in [0.25, 0.3) is 0 Å². The normalized spacial score (nSPS) is 10.7. The van der Waals surface area contributed by atoms with Gasteiger partial charge in [-0.15, -0.1) is 0 Å². The van der Waals surface area contributed by atoms with Crippen LogP contribution in [0, 0.1) is 0 Å². The Kier molecular flexibility index (Phi) is 3.25. The zero-order valence-corrected chi connectivity index (χ0v) is 11.2. The first-order valence-electron chi connectivity index (χ1n) is 6.49. The van der Waals surface area contributed by atoms with E-state index >= 15 is 0 Å². The average molecular weight is 265 g/mol. The lowest BCUT2D eigenvalue weighted by Gasteiger charge is -2.10. The molecule has 0 atom stereocenters. The molecule has 0 aliphatic carbocycles. The van der Waals surface area contributed by atoms with E-state index < -0.39 is 0 Å². The number of carbonyl (C=O) groups excluding carboxylic acids is 1. The van der Waals surface area contributed by atoms with E-state index in [0.29, 0.717) is 17.9 Å². The molecule has 0 saturated heterocycles. The minimum Gasteiger partial charge on any atom is -0.487 e. The first-order valence-corrected chi connectivity index (χ1v) is 6.49. The van der Waals surface area contributed by atoms with Gasteiger partial charge in [-0.3, -0.25) is 4.79 Å². The summed E-state index contributed by atoms with van der Waals surface area (Å²) in [5.41, 5.74) is 2.72. The van der Waals surface area contributed by atoms with E-state index in [1.165, 1.54) is 0 Å². The van der Waals surface area contributed by atoms with E-state index in [0.717, 1.165) is 22.8 Å². The van der Waals surface area contributed by atoms with Crippen molar-refractivity contribution >= 4 is 17.2 Å². The van der Waals surface area contributed by atoms with E-state index in [1.54, 1.807) is 6.07 Å². The first-order chi connectivity index (χ1) is 9.79. The predicted octanol–water partition coefficient (Wildman–Crippen LogP) is 3.57. The van der Waals surface area contributed by atoms with Gasteiger partial charge in [-0.05, 0) is 23.8 Å². The minimum atomic E-state index is 0.454. The second kappa shape index (κ2) is 5.21. The summed E-state index contributed by atoms with van der Waals surface area (Å²) in [6.07, 6.45) is 2.81. The maximum absolute atomic E-state index is 11.2. The Balaban J connectivity index is 1.98. The summed E-state index contributed by atoms with van der Waals surface area (Å²) < 4.78 is 7.91. The van der Waals surface area contributed by atoms with Crippen LogP contribution in [0.4, 0.5) is 0 Å². The summed E-state index contributed by atoms with van der Waals surface area (Å²) in [6, 6.07) is 15.6. The number of benzene rings is 2. The molecule has 0 N–H and O–H groups in total. The van der Waals surface area contributed by atoms with Gasteiger partial charge in [0.15, 0.2) is 6.29 Å². The Hall–Kier alpha value is -2.55. The number of aryl methyl sites for hydroxylation is 1. The second-order valence-electron chi connectivity index (χ2n) is 4.74. The van der Waals surface area contributed by atoms with Gasteiger partial charge in [0.05, 0.1) is 11.1 Å². The van der Waals surface area contributed by atoms with Crippen molar-refractivity contribution < 1.29 is 9.53 Å². The van der Waals surface area contributed by atoms with Gasteiger partial charge < -0.3 is 9.30 Å². The number of aromatic nitrogens is 1. The average Bonchev–Trinajstić information content (AvgIpc) is 2.87. The standard InChI is InChI=1S/C17H15NO2/c1-18-10-9-15-16(18)8-7-14(11-19)17(15)20-12-13-5-3-2-4-6-13/h2-11H,12H2,1H3. The fourth-order valence-corrected chi connectivity index (χ4v) is 2.32. The van der Waals surface area contributed by atoms with Gasteiger partial charge in [0, 0.05) is 18.6 Å². The second-order valence-corrected chi connectivity index (χ2v) is 4.74. The van der Waals surface area contributed by atoms with Crippen molar-refractivity contribution in [1.82, 2.24) is 4.57 Å². The largest absolute Gasteiger partial charge is 0.487 e. The van der Waals surface area contributed by atoms with E-state index in [-0.39, 0.29) is 0 Å². The van der Waals surface area contributed by atoms with Crippen molar-refractivity contribution in [2.24, 2.45) is 7.05 Å². The number of ether oxygens (including phenoxy) is 1. The number of rotatable bonds is 4. The Morgan fingerprint density at radius 2 is 1.90 bits per heavy atom. The Morgan fingerprint density at radius 1 is 1.10 bits per heavy atom. The van der Waals surface area contributed by atoms with Crippen molar-refractivity contribution in [2.75, 3.05) is 0 Å². The molecule has 0 unspecified atom stereocenters. The van der Waals surface area contributed by atoms with Crippen LogP contribution in [0.25, 0.3) is 10.9 Å². The Bertz CT molecular complexity index is 744. The topological polar surface area (TPSA) is 31.2 Å². The van der Waals surface area contributed by atoms with Gasteiger partial charge in [-0.2, -0.15) is 0 Å². The van der Waals surface area contributed by atoms with Gasteiger partial charge in [0.2, 0.25) is 0 Å². The van der Waals surface area contributed by atoms with Crippen molar-refractivity contribution in [3.8, 4) is 5.75 Å². The molecule has 1 heterocycles. The molecule has 20 heavy (non-hydrogen) atoms. The van der Waals surface area contributed by atoms with Gasteiger partial charge in [0.1, 0.15) is 12.4 Å². The van der Waals surface area contributed by atoms with Crippen LogP contribution in [-0.4, -0.2) is 10.9 Å². The first kappa shape index (κ1) is 12.5. The van der Waals surface area contributed by atoms with Gasteiger partial charge >= 0.3 is 0 Å². The third-order valence-corrected chi connectivity index (χ3v) is 3.40. The predicted molar refractivity (Wildman–Crippen MR) is 79.1 cm³/mol. The fraction of sp³-hybridized carbons (Fsp3) is 0.118. The summed E-state index contributed by atoms with van der Waals surface area (Å²) in [5.74, 6) is 0.655. The summed E-state index contributed by atoms with van der Waals surface area (Å²) in [6.45, 7) is 0.454. The molecule has 0 radical (unpaired) electrons. The van der Waals surface area contributed by atoms with Crippen molar-refractivity contribution in [1.29, 1.82) is 0 Å². The molecule has 0 amide bonds. The van der Waals surface area contributed by atoms with E-state index in [9.17, 15) is 4.79 Å². The van der Waals surface area contributed by atoms with Crippen LogP contribution < -0.4 is 4.74 Å². The smallest absolute Gasteiger partial charge is 0.153 e. The maximum atomic E-state index is 11.2. The number of hydrogen-bond donors (Lipinski definition) is 0. The minimum absolute atomic E-state index is 0.454. The van der Waals surface area contributed by atoms with Crippen molar-refractivity contribution in [3.63, 3.8) is 0 Å². The third-order valence-electron chi connectivity index (χ3n) is 3.40. The number of nitrogens with zero attached hydrogens (tertiary/aromatic N) is 1. The van der Waals surface area contributed by atoms with E-state index in [4.69, 9.17) is 4.74 Å². The van der Waals surface area contributed by atoms with Crippen LogP contribution in [0.3, 0.4) is 0 Å². The third kappa shape index (κ3) is 2.18. The number of carbonyl (C=O) groups is 1. The molecule has 2 aromatic carbocycles. The summed E-state index contributed by atoms with van der Waals surface area (Å²) >= 11 is 0. The molecule has 0 saturated carbocycles. The zero-order chi connectivity index (χ0) is 13.9. The van der Waals surface area contributed by atoms with Crippen LogP contribution in [-0.2, 0) is 13.7 Å². The lowest BCUT2D eigenvalue weighted by atomic mass is 10.1. The highest BCUT2D eigenvalue weighted by Gasteiger charge is 2.11. The van der Waals surface area contributed by atoms with Crippen molar-refractivity contribution in [3.05, 3.63) is 65.9 Å². The number of hydrogen-bond acceptors (Lipinski definition) is 2. The molecule has 1 aromatic heterocycles. The zero-order valence-electron chi connectivity index (χ0n) is 11.2. The molecule has 0 bridgehead atoms. The van der Waals surface area contributed by atoms with Crippen LogP contribution in [0.5, 0.6) is 5.75 Å². The van der Waals surface area contributed by atoms with Gasteiger partial charge in [-0.1, -0.05) is 30.3 Å². The molecule has 0 spiro atoms. The summed E-state index contributed by atoms with van der Waals surface area (Å²) in [4.78, 5) is 11.2. The van der Waals surface area contributed by atoms with E-state index in [1.807, 2.05) is 60.3 Å². The molecular formula is C17H15NO2. The van der Waals surface area contributed by atoms with E-state index in [2.05, 4.69) is 0 Å². The molecule has 0 aliphatic heterocycles.